The molecule has 0 aliphatic rings. The molecule has 4 rings (SSSR count). The van der Waals surface area contributed by atoms with Crippen molar-refractivity contribution < 1.29 is 14.3 Å². The van der Waals surface area contributed by atoms with Gasteiger partial charge in [0.2, 0.25) is 0 Å². The Bertz CT molecular complexity index is 1510. The number of fused-ring (bicyclic) bond motifs is 1. The highest BCUT2D eigenvalue weighted by atomic mass is 35.5. The third kappa shape index (κ3) is 6.97. The van der Waals surface area contributed by atoms with Crippen LogP contribution in [0, 0.1) is 6.92 Å². The van der Waals surface area contributed by atoms with E-state index >= 15 is 0 Å². The van der Waals surface area contributed by atoms with E-state index in [2.05, 4.69) is 17.2 Å². The summed E-state index contributed by atoms with van der Waals surface area (Å²) in [5, 5.41) is 6.06. The number of aryl methyl sites for hydroxylation is 1. The van der Waals surface area contributed by atoms with Crippen molar-refractivity contribution in [3.8, 4) is 17.0 Å². The molecule has 9 heteroatoms. The summed E-state index contributed by atoms with van der Waals surface area (Å²) in [7, 11) is 0. The Morgan fingerprint density at radius 2 is 1.90 bits per heavy atom. The Balaban J connectivity index is 1.50. The van der Waals surface area contributed by atoms with Gasteiger partial charge in [-0.2, -0.15) is 0 Å². The molecular formula is C30H32ClN5O3. The van der Waals surface area contributed by atoms with Crippen LogP contribution in [0.3, 0.4) is 0 Å². The molecule has 2 aromatic carbocycles. The number of nitrogens with two attached hydrogens (primary N) is 1. The van der Waals surface area contributed by atoms with Gasteiger partial charge >= 0.3 is 0 Å². The van der Waals surface area contributed by atoms with Crippen LogP contribution in [0.25, 0.3) is 16.9 Å². The topological polar surface area (TPSA) is 111 Å². The van der Waals surface area contributed by atoms with E-state index in [4.69, 9.17) is 27.1 Å². The zero-order valence-electron chi connectivity index (χ0n) is 22.2. The lowest BCUT2D eigenvalue weighted by molar-refractivity contribution is -0.117. The molecule has 202 valence electrons. The molecule has 4 aromatic rings. The quantitative estimate of drug-likeness (QED) is 0.251. The molecule has 0 radical (unpaired) electrons. The second-order valence-corrected chi connectivity index (χ2v) is 10.1. The molecular weight excluding hydrogens is 514 g/mol. The van der Waals surface area contributed by atoms with Crippen molar-refractivity contribution in [2.45, 2.75) is 39.3 Å². The summed E-state index contributed by atoms with van der Waals surface area (Å²) in [6, 6.07) is 16.5. The first kappa shape index (κ1) is 27.7. The molecule has 2 aromatic heterocycles. The minimum atomic E-state index is -0.482. The normalized spacial score (nSPS) is 11.8. The summed E-state index contributed by atoms with van der Waals surface area (Å²) in [6.07, 6.45) is 4.40. The van der Waals surface area contributed by atoms with Gasteiger partial charge in [-0.3, -0.25) is 9.59 Å². The molecule has 1 atom stereocenters. The van der Waals surface area contributed by atoms with Gasteiger partial charge in [-0.25, -0.2) is 4.98 Å². The second-order valence-electron chi connectivity index (χ2n) is 9.67. The van der Waals surface area contributed by atoms with Gasteiger partial charge in [0.15, 0.2) is 0 Å². The van der Waals surface area contributed by atoms with Crippen LogP contribution in [0.4, 0.5) is 0 Å². The summed E-state index contributed by atoms with van der Waals surface area (Å²) < 4.78 is 7.66. The smallest absolute Gasteiger partial charge is 0.266 e. The highest BCUT2D eigenvalue weighted by molar-refractivity contribution is 6.32. The van der Waals surface area contributed by atoms with E-state index in [-0.39, 0.29) is 24.3 Å². The summed E-state index contributed by atoms with van der Waals surface area (Å²) in [4.78, 5) is 29.9. The highest BCUT2D eigenvalue weighted by Gasteiger charge is 2.18. The molecule has 2 heterocycles. The van der Waals surface area contributed by atoms with Gasteiger partial charge in [0.05, 0.1) is 28.6 Å². The fraction of sp³-hybridized carbons (Fsp3) is 0.233. The number of nitrogens with one attached hydrogen (secondary N) is 2. The van der Waals surface area contributed by atoms with Crippen molar-refractivity contribution in [2.75, 3.05) is 6.54 Å². The van der Waals surface area contributed by atoms with Crippen LogP contribution in [0.2, 0.25) is 5.02 Å². The second kappa shape index (κ2) is 12.0. The zero-order valence-corrected chi connectivity index (χ0v) is 23.0. The van der Waals surface area contributed by atoms with E-state index in [9.17, 15) is 9.59 Å². The van der Waals surface area contributed by atoms with Crippen molar-refractivity contribution in [1.29, 1.82) is 0 Å². The molecule has 39 heavy (non-hydrogen) atoms. The highest BCUT2D eigenvalue weighted by Crippen LogP contribution is 2.26. The first-order valence-electron chi connectivity index (χ1n) is 12.6. The number of nitrogens with zero attached hydrogens (tertiary/aromatic N) is 2. The van der Waals surface area contributed by atoms with Gasteiger partial charge in [-0.15, -0.1) is 0 Å². The predicted molar refractivity (Wildman–Crippen MR) is 154 cm³/mol. The Labute approximate surface area is 232 Å². The summed E-state index contributed by atoms with van der Waals surface area (Å²) in [5.41, 5.74) is 10.6. The van der Waals surface area contributed by atoms with Gasteiger partial charge in [-0.05, 0) is 62.6 Å². The Hall–Kier alpha value is -4.30. The number of hydrogen-bond acceptors (Lipinski definition) is 5. The lowest BCUT2D eigenvalue weighted by atomic mass is 10.0. The minimum absolute atomic E-state index is 0.0457. The lowest BCUT2D eigenvalue weighted by Crippen LogP contribution is -2.45. The molecule has 4 N–H and O–H groups in total. The molecule has 0 aliphatic heterocycles. The monoisotopic (exact) mass is 545 g/mol. The third-order valence-corrected chi connectivity index (χ3v) is 6.40. The number of carbonyl (C=O) groups excluding carboxylic acids is 2. The van der Waals surface area contributed by atoms with Crippen LogP contribution in [-0.2, 0) is 11.2 Å². The van der Waals surface area contributed by atoms with Crippen molar-refractivity contribution >= 4 is 29.1 Å². The molecule has 8 nitrogen and oxygen atoms in total. The third-order valence-electron chi connectivity index (χ3n) is 6.10. The fourth-order valence-electron chi connectivity index (χ4n) is 4.15. The summed E-state index contributed by atoms with van der Waals surface area (Å²) >= 11 is 6.33. The molecule has 0 fully saturated rings. The van der Waals surface area contributed by atoms with Gasteiger partial charge in [0, 0.05) is 30.1 Å². The average molecular weight is 546 g/mol. The van der Waals surface area contributed by atoms with E-state index in [1.807, 2.05) is 74.0 Å². The number of amides is 2. The fourth-order valence-corrected chi connectivity index (χ4v) is 4.38. The van der Waals surface area contributed by atoms with Gasteiger partial charge in [0.1, 0.15) is 11.4 Å². The number of pyridine rings is 1. The first-order valence-corrected chi connectivity index (χ1v) is 13.0. The summed E-state index contributed by atoms with van der Waals surface area (Å²) in [6.45, 7) is 9.46. The van der Waals surface area contributed by atoms with Crippen LogP contribution in [0.15, 0.2) is 79.3 Å². The van der Waals surface area contributed by atoms with Crippen LogP contribution < -0.4 is 21.1 Å². The van der Waals surface area contributed by atoms with E-state index in [0.717, 1.165) is 28.0 Å². The van der Waals surface area contributed by atoms with Crippen LogP contribution in [-0.4, -0.2) is 39.9 Å². The zero-order chi connectivity index (χ0) is 28.1. The minimum Gasteiger partial charge on any atom is -0.489 e. The molecule has 0 aliphatic carbocycles. The summed E-state index contributed by atoms with van der Waals surface area (Å²) in [5.74, 6) is -0.296. The maximum Gasteiger partial charge on any atom is 0.266 e. The standard InChI is InChI=1S/C30H32ClN5O3/c1-18(2)39-27-12-11-23(15-25(27)31)30(38)34-24(16-33-29(37)20(4)32)14-21-7-9-22(10-8-21)26-17-36-13-5-6-19(3)28(36)35-26/h5-13,15,17-18,24H,4,14,16,32H2,1-3H3,(H,33,37)(H,34,38)/t24-/m0/s1. The predicted octanol–water partition coefficient (Wildman–Crippen LogP) is 4.68. The van der Waals surface area contributed by atoms with Gasteiger partial charge < -0.3 is 25.5 Å². The Morgan fingerprint density at radius 3 is 2.54 bits per heavy atom. The molecule has 0 spiro atoms. The van der Waals surface area contributed by atoms with E-state index < -0.39 is 11.9 Å². The SMILES string of the molecule is C=C(N)C(=O)NC[C@H](Cc1ccc(-c2cn3cccc(C)c3n2)cc1)NC(=O)c1ccc(OC(C)C)c(Cl)c1. The lowest BCUT2D eigenvalue weighted by Gasteiger charge is -2.20. The molecule has 0 unspecified atom stereocenters. The van der Waals surface area contributed by atoms with E-state index in [1.54, 1.807) is 18.2 Å². The molecule has 0 saturated heterocycles. The molecule has 0 saturated carbocycles. The Morgan fingerprint density at radius 1 is 1.15 bits per heavy atom. The maximum absolute atomic E-state index is 13.1. The number of benzene rings is 2. The number of carbonyl (C=O) groups is 2. The van der Waals surface area contributed by atoms with Crippen molar-refractivity contribution in [3.05, 3.63) is 101 Å². The van der Waals surface area contributed by atoms with Crippen LogP contribution in [0.1, 0.15) is 35.3 Å². The van der Waals surface area contributed by atoms with Crippen LogP contribution in [0.5, 0.6) is 5.75 Å². The number of imidazole rings is 1. The van der Waals surface area contributed by atoms with Gasteiger partial charge in [0.25, 0.3) is 11.8 Å². The van der Waals surface area contributed by atoms with Crippen molar-refractivity contribution in [2.24, 2.45) is 5.73 Å². The van der Waals surface area contributed by atoms with E-state index in [1.165, 1.54) is 0 Å². The van der Waals surface area contributed by atoms with Crippen molar-refractivity contribution in [3.63, 3.8) is 0 Å². The van der Waals surface area contributed by atoms with Crippen molar-refractivity contribution in [1.82, 2.24) is 20.0 Å². The number of halogens is 1. The average Bonchev–Trinajstić information content (AvgIpc) is 3.34. The van der Waals surface area contributed by atoms with E-state index in [0.29, 0.717) is 22.8 Å². The Kier molecular flexibility index (Phi) is 8.56. The largest absolute Gasteiger partial charge is 0.489 e. The number of rotatable bonds is 10. The molecule has 0 bridgehead atoms. The number of aromatic nitrogens is 2. The van der Waals surface area contributed by atoms with Gasteiger partial charge in [-0.1, -0.05) is 48.5 Å². The number of hydrogen-bond donors (Lipinski definition) is 3. The first-order chi connectivity index (χ1) is 18.6. The van der Waals surface area contributed by atoms with Crippen LogP contribution >= 0.6 is 11.6 Å². The number of ether oxygens (including phenoxy) is 1. The molecule has 2 amide bonds. The maximum atomic E-state index is 13.1.